The molecule has 1 heteroatoms. The monoisotopic (exact) mass is 791 g/mol. The van der Waals surface area contributed by atoms with E-state index in [-0.39, 0.29) is 0 Å². The Balaban J connectivity index is 1.19. The van der Waals surface area contributed by atoms with Crippen LogP contribution < -0.4 is 4.90 Å². The summed E-state index contributed by atoms with van der Waals surface area (Å²) in [6.45, 7) is 6.53. The van der Waals surface area contributed by atoms with Crippen molar-refractivity contribution in [1.82, 2.24) is 0 Å². The van der Waals surface area contributed by atoms with E-state index in [1.165, 1.54) is 72.0 Å². The molecule has 0 bridgehead atoms. The van der Waals surface area contributed by atoms with Crippen LogP contribution in [0, 0.1) is 0 Å². The SMILES string of the molecule is C=CC1=C(/C=C\C)C(c2ccccc2)(c2ccccc2)c2cc(N(c3ccc4c(c3)-c3ccccc3C4(c3ccccc3)c3ccccc3)c3ccc4ccccc4c3)ccc21. The predicted molar refractivity (Wildman–Crippen MR) is 261 cm³/mol. The molecule has 0 fully saturated rings. The van der Waals surface area contributed by atoms with Gasteiger partial charge in [0.25, 0.3) is 0 Å². The minimum atomic E-state index is -0.583. The van der Waals surface area contributed by atoms with Gasteiger partial charge in [-0.05, 0) is 121 Å². The van der Waals surface area contributed by atoms with Gasteiger partial charge in [0.15, 0.2) is 0 Å². The van der Waals surface area contributed by atoms with Crippen LogP contribution in [0.3, 0.4) is 0 Å². The summed E-state index contributed by atoms with van der Waals surface area (Å²) in [7, 11) is 0. The molecule has 0 aromatic heterocycles. The van der Waals surface area contributed by atoms with Gasteiger partial charge in [0.1, 0.15) is 0 Å². The average Bonchev–Trinajstić information content (AvgIpc) is 3.80. The molecule has 294 valence electrons. The first kappa shape index (κ1) is 37.3. The molecule has 0 N–H and O–H groups in total. The summed E-state index contributed by atoms with van der Waals surface area (Å²) < 4.78 is 0. The predicted octanol–water partition coefficient (Wildman–Crippen LogP) is 15.5. The lowest BCUT2D eigenvalue weighted by Crippen LogP contribution is -2.29. The van der Waals surface area contributed by atoms with Crippen LogP contribution in [0.5, 0.6) is 0 Å². The highest BCUT2D eigenvalue weighted by Gasteiger charge is 2.48. The second kappa shape index (κ2) is 15.1. The van der Waals surface area contributed by atoms with Crippen LogP contribution in [0.25, 0.3) is 27.5 Å². The molecule has 0 aliphatic heterocycles. The van der Waals surface area contributed by atoms with Crippen LogP contribution in [0.1, 0.15) is 51.4 Å². The fourth-order valence-corrected chi connectivity index (χ4v) is 10.8. The molecular formula is C61H45N. The van der Waals surface area contributed by atoms with Gasteiger partial charge in [-0.2, -0.15) is 0 Å². The lowest BCUT2D eigenvalue weighted by Gasteiger charge is -2.36. The number of fused-ring (bicyclic) bond motifs is 5. The van der Waals surface area contributed by atoms with Crippen molar-refractivity contribution in [2.75, 3.05) is 4.90 Å². The Bertz CT molecular complexity index is 3110. The topological polar surface area (TPSA) is 3.24 Å². The molecule has 0 radical (unpaired) electrons. The van der Waals surface area contributed by atoms with Crippen molar-refractivity contribution in [3.8, 4) is 11.1 Å². The maximum absolute atomic E-state index is 4.41. The number of hydrogen-bond acceptors (Lipinski definition) is 1. The Morgan fingerprint density at radius 3 is 1.48 bits per heavy atom. The zero-order valence-electron chi connectivity index (χ0n) is 34.7. The highest BCUT2D eigenvalue weighted by Crippen LogP contribution is 2.59. The molecule has 0 saturated carbocycles. The summed E-state index contributed by atoms with van der Waals surface area (Å²) in [5, 5.41) is 2.41. The molecule has 9 aromatic carbocycles. The maximum Gasteiger partial charge on any atom is 0.0714 e. The highest BCUT2D eigenvalue weighted by atomic mass is 15.1. The number of anilines is 3. The summed E-state index contributed by atoms with van der Waals surface area (Å²) in [4.78, 5) is 2.46. The lowest BCUT2D eigenvalue weighted by atomic mass is 9.66. The smallest absolute Gasteiger partial charge is 0.0714 e. The van der Waals surface area contributed by atoms with Gasteiger partial charge in [0, 0.05) is 17.1 Å². The van der Waals surface area contributed by atoms with Crippen molar-refractivity contribution < 1.29 is 0 Å². The molecule has 2 aliphatic rings. The molecule has 0 unspecified atom stereocenters. The molecule has 9 aromatic rings. The molecule has 0 atom stereocenters. The van der Waals surface area contributed by atoms with E-state index < -0.39 is 10.8 Å². The van der Waals surface area contributed by atoms with E-state index in [0.717, 1.165) is 22.6 Å². The van der Waals surface area contributed by atoms with Gasteiger partial charge >= 0.3 is 0 Å². The van der Waals surface area contributed by atoms with Crippen LogP contribution in [-0.2, 0) is 10.8 Å². The minimum absolute atomic E-state index is 0.477. The van der Waals surface area contributed by atoms with Crippen molar-refractivity contribution in [3.05, 3.63) is 299 Å². The second-order valence-corrected chi connectivity index (χ2v) is 16.4. The van der Waals surface area contributed by atoms with Gasteiger partial charge in [-0.25, -0.2) is 0 Å². The largest absolute Gasteiger partial charge is 0.310 e. The maximum atomic E-state index is 4.41. The average molecular weight is 792 g/mol. The molecular weight excluding hydrogens is 747 g/mol. The van der Waals surface area contributed by atoms with Crippen molar-refractivity contribution in [3.63, 3.8) is 0 Å². The van der Waals surface area contributed by atoms with Gasteiger partial charge in [-0.1, -0.05) is 213 Å². The Kier molecular flexibility index (Phi) is 9.06. The van der Waals surface area contributed by atoms with Gasteiger partial charge < -0.3 is 4.90 Å². The van der Waals surface area contributed by atoms with Gasteiger partial charge in [-0.3, -0.25) is 0 Å². The number of benzene rings is 9. The Morgan fingerprint density at radius 1 is 0.387 bits per heavy atom. The zero-order chi connectivity index (χ0) is 41.7. The molecule has 11 rings (SSSR count). The molecule has 0 spiro atoms. The quantitative estimate of drug-likeness (QED) is 0.141. The number of nitrogens with zero attached hydrogens (tertiary/aromatic N) is 1. The molecule has 62 heavy (non-hydrogen) atoms. The Morgan fingerprint density at radius 2 is 0.871 bits per heavy atom. The lowest BCUT2D eigenvalue weighted by molar-refractivity contribution is 0.761. The van der Waals surface area contributed by atoms with E-state index in [9.17, 15) is 0 Å². The number of rotatable bonds is 9. The van der Waals surface area contributed by atoms with Gasteiger partial charge in [0.05, 0.1) is 10.8 Å². The highest BCUT2D eigenvalue weighted by molar-refractivity contribution is 5.96. The summed E-state index contributed by atoms with van der Waals surface area (Å²) in [5.74, 6) is 0. The first-order chi connectivity index (χ1) is 30.7. The van der Waals surface area contributed by atoms with E-state index in [4.69, 9.17) is 0 Å². The fourth-order valence-electron chi connectivity index (χ4n) is 10.8. The summed E-state index contributed by atoms with van der Waals surface area (Å²) in [5.41, 5.74) is 17.1. The fraction of sp³-hybridized carbons (Fsp3) is 0.0492. The standard InChI is InChI=1S/C61H45N/c1-3-21-56-52(4-2)54-38-36-51(42-59(54)61(56,47-28-13-7-14-29-47)48-30-15-8-16-31-48)62(49-35-34-43-22-17-18-23-44(43)40-49)50-37-39-58-55(41-50)53-32-19-20-33-57(53)60(58,45-24-9-5-10-25-45)46-26-11-6-12-27-46/h3-42H,2H2,1H3/b21-3-. The van der Waals surface area contributed by atoms with E-state index >= 15 is 0 Å². The van der Waals surface area contributed by atoms with Crippen LogP contribution in [0.15, 0.2) is 255 Å². The van der Waals surface area contributed by atoms with Gasteiger partial charge in [-0.15, -0.1) is 0 Å². The normalized spacial score (nSPS) is 14.4. The number of hydrogen-bond donors (Lipinski definition) is 0. The van der Waals surface area contributed by atoms with Crippen molar-refractivity contribution in [2.24, 2.45) is 0 Å². The first-order valence-electron chi connectivity index (χ1n) is 21.6. The minimum Gasteiger partial charge on any atom is -0.310 e. The van der Waals surface area contributed by atoms with Crippen LogP contribution in [0.4, 0.5) is 17.1 Å². The van der Waals surface area contributed by atoms with Crippen molar-refractivity contribution >= 4 is 33.4 Å². The van der Waals surface area contributed by atoms with Crippen molar-refractivity contribution in [2.45, 2.75) is 17.8 Å². The molecule has 2 aliphatic carbocycles. The van der Waals surface area contributed by atoms with Crippen molar-refractivity contribution in [1.29, 1.82) is 0 Å². The summed E-state index contributed by atoms with van der Waals surface area (Å²) in [6, 6.07) is 82.8. The first-order valence-corrected chi connectivity index (χ1v) is 21.6. The van der Waals surface area contributed by atoms with Crippen LogP contribution >= 0.6 is 0 Å². The third-order valence-electron chi connectivity index (χ3n) is 13.3. The molecule has 0 heterocycles. The van der Waals surface area contributed by atoms with E-state index in [2.05, 4.69) is 255 Å². The molecule has 1 nitrogen and oxygen atoms in total. The summed E-state index contributed by atoms with van der Waals surface area (Å²) >= 11 is 0. The second-order valence-electron chi connectivity index (χ2n) is 16.4. The summed E-state index contributed by atoms with van der Waals surface area (Å²) in [6.07, 6.45) is 6.51. The van der Waals surface area contributed by atoms with Crippen LogP contribution in [-0.4, -0.2) is 0 Å². The molecule has 0 saturated heterocycles. The van der Waals surface area contributed by atoms with Crippen LogP contribution in [0.2, 0.25) is 0 Å². The third kappa shape index (κ3) is 5.48. The Labute approximate surface area is 364 Å². The van der Waals surface area contributed by atoms with E-state index in [0.29, 0.717) is 0 Å². The number of allylic oxidation sites excluding steroid dienone is 5. The van der Waals surface area contributed by atoms with E-state index in [1.54, 1.807) is 0 Å². The Hall–Kier alpha value is -7.74. The van der Waals surface area contributed by atoms with Gasteiger partial charge in [0.2, 0.25) is 0 Å². The zero-order valence-corrected chi connectivity index (χ0v) is 34.7. The van der Waals surface area contributed by atoms with E-state index in [1.807, 2.05) is 6.08 Å². The molecule has 0 amide bonds. The third-order valence-corrected chi connectivity index (χ3v) is 13.3.